The fourth-order valence-corrected chi connectivity index (χ4v) is 4.55. The first-order valence-electron chi connectivity index (χ1n) is 10.4. The second-order valence-electron chi connectivity index (χ2n) is 7.28. The molecule has 8 heteroatoms. The number of nitrogens with one attached hydrogen (secondary N) is 1. The van der Waals surface area contributed by atoms with E-state index in [1.54, 1.807) is 19.1 Å². The first-order valence-corrected chi connectivity index (χ1v) is 11.3. The molecule has 4 rings (SSSR count). The second kappa shape index (κ2) is 9.70. The molecular weight excluding hydrogens is 438 g/mol. The Morgan fingerprint density at radius 1 is 1.09 bits per heavy atom. The Bertz CT molecular complexity index is 1320. The molecule has 0 saturated heterocycles. The van der Waals surface area contributed by atoms with Crippen LogP contribution in [0.5, 0.6) is 5.75 Å². The summed E-state index contributed by atoms with van der Waals surface area (Å²) in [5.74, 6) is 0.267. The number of aromatic nitrogens is 1. The molecule has 1 amide bonds. The lowest BCUT2D eigenvalue weighted by molar-refractivity contribution is 0.0528. The lowest BCUT2D eigenvalue weighted by Crippen LogP contribution is -2.14. The molecule has 7 nitrogen and oxygen atoms in total. The summed E-state index contributed by atoms with van der Waals surface area (Å²) in [5.41, 5.74) is 9.28. The van der Waals surface area contributed by atoms with Gasteiger partial charge in [0.1, 0.15) is 18.2 Å². The average Bonchev–Trinajstić information content (AvgIpc) is 3.24. The van der Waals surface area contributed by atoms with Crippen LogP contribution in [0.25, 0.3) is 10.1 Å². The maximum atomic E-state index is 12.8. The predicted octanol–water partition coefficient (Wildman–Crippen LogP) is 5.19. The number of rotatable bonds is 7. The van der Waals surface area contributed by atoms with Gasteiger partial charge in [-0.15, -0.1) is 11.3 Å². The van der Waals surface area contributed by atoms with Crippen LogP contribution in [-0.4, -0.2) is 23.5 Å². The molecule has 0 atom stereocenters. The molecule has 0 saturated carbocycles. The van der Waals surface area contributed by atoms with Gasteiger partial charge in [-0.25, -0.2) is 9.78 Å². The lowest BCUT2D eigenvalue weighted by Gasteiger charge is -2.13. The molecule has 0 aliphatic rings. The van der Waals surface area contributed by atoms with Crippen molar-refractivity contribution in [3.8, 4) is 5.75 Å². The van der Waals surface area contributed by atoms with Crippen LogP contribution in [0.4, 0.5) is 11.5 Å². The Morgan fingerprint density at radius 3 is 2.64 bits per heavy atom. The van der Waals surface area contributed by atoms with Crippen LogP contribution < -0.4 is 15.8 Å². The summed E-state index contributed by atoms with van der Waals surface area (Å²) in [6.45, 7) is 4.09. The van der Waals surface area contributed by atoms with E-state index < -0.39 is 5.97 Å². The predicted molar refractivity (Wildman–Crippen MR) is 130 cm³/mol. The molecule has 0 aliphatic carbocycles. The monoisotopic (exact) mass is 461 g/mol. The van der Waals surface area contributed by atoms with Crippen LogP contribution in [0.1, 0.15) is 38.8 Å². The van der Waals surface area contributed by atoms with Crippen LogP contribution in [0.15, 0.2) is 60.1 Å². The molecule has 2 aromatic heterocycles. The number of nitrogens with zero attached hydrogens (tertiary/aromatic N) is 1. The highest BCUT2D eigenvalue weighted by atomic mass is 32.1. The Morgan fingerprint density at radius 2 is 1.88 bits per heavy atom. The summed E-state index contributed by atoms with van der Waals surface area (Å²) in [4.78, 5) is 29.2. The molecule has 2 aromatic carbocycles. The standard InChI is InChI=1S/C25H23N3O4S/c1-3-31-25(30)19-12-27-23(26)21-16(14-33-22(19)21)13-32-20-11-7-10-18(15(20)2)24(29)28-17-8-5-4-6-9-17/h4-12,14H,3,13H2,1-2H3,(H2,26,27)(H,28,29). The number of carbonyl (C=O) groups excluding carboxylic acids is 2. The molecular formula is C25H23N3O4S. The number of esters is 1. The van der Waals surface area contributed by atoms with E-state index in [1.807, 2.05) is 48.7 Å². The number of fused-ring (bicyclic) bond motifs is 1. The van der Waals surface area contributed by atoms with Gasteiger partial charge in [-0.05, 0) is 43.5 Å². The third-order valence-corrected chi connectivity index (χ3v) is 6.20. The van der Waals surface area contributed by atoms with Crippen molar-refractivity contribution in [2.45, 2.75) is 20.5 Å². The second-order valence-corrected chi connectivity index (χ2v) is 8.16. The zero-order valence-corrected chi connectivity index (χ0v) is 19.1. The van der Waals surface area contributed by atoms with E-state index >= 15 is 0 Å². The number of nitrogens with two attached hydrogens (primary N) is 1. The Kier molecular flexibility index (Phi) is 6.55. The van der Waals surface area contributed by atoms with Gasteiger partial charge < -0.3 is 20.5 Å². The van der Waals surface area contributed by atoms with E-state index in [0.29, 0.717) is 32.8 Å². The summed E-state index contributed by atoms with van der Waals surface area (Å²) in [7, 11) is 0. The van der Waals surface area contributed by atoms with Crippen LogP contribution in [0.3, 0.4) is 0 Å². The van der Waals surface area contributed by atoms with Crippen LogP contribution in [0, 0.1) is 6.92 Å². The van der Waals surface area contributed by atoms with E-state index in [4.69, 9.17) is 15.2 Å². The topological polar surface area (TPSA) is 104 Å². The van der Waals surface area contributed by atoms with Crippen LogP contribution in [0.2, 0.25) is 0 Å². The molecule has 3 N–H and O–H groups in total. The number of ether oxygens (including phenoxy) is 2. The van der Waals surface area contributed by atoms with Gasteiger partial charge in [0.05, 0.1) is 16.9 Å². The van der Waals surface area contributed by atoms with Crippen molar-refractivity contribution in [3.05, 3.63) is 82.4 Å². The maximum absolute atomic E-state index is 12.8. The molecule has 4 aromatic rings. The third kappa shape index (κ3) is 4.65. The van der Waals surface area contributed by atoms with E-state index in [-0.39, 0.29) is 19.1 Å². The number of carbonyl (C=O) groups is 2. The fourth-order valence-electron chi connectivity index (χ4n) is 3.48. The normalized spacial score (nSPS) is 10.7. The van der Waals surface area contributed by atoms with Crippen molar-refractivity contribution in [2.24, 2.45) is 0 Å². The Hall–Kier alpha value is -3.91. The van der Waals surface area contributed by atoms with Gasteiger partial charge >= 0.3 is 5.97 Å². The fraction of sp³-hybridized carbons (Fsp3) is 0.160. The minimum Gasteiger partial charge on any atom is -0.489 e. The van der Waals surface area contributed by atoms with Crippen molar-refractivity contribution in [1.29, 1.82) is 0 Å². The van der Waals surface area contributed by atoms with Gasteiger partial charge in [0, 0.05) is 34.0 Å². The molecule has 33 heavy (non-hydrogen) atoms. The first-order chi connectivity index (χ1) is 16.0. The number of pyridine rings is 1. The summed E-state index contributed by atoms with van der Waals surface area (Å²) < 4.78 is 11.9. The highest BCUT2D eigenvalue weighted by molar-refractivity contribution is 7.17. The first kappa shape index (κ1) is 22.3. The zero-order chi connectivity index (χ0) is 23.4. The zero-order valence-electron chi connectivity index (χ0n) is 18.3. The SMILES string of the molecule is CCOC(=O)c1cnc(N)c2c(COc3cccc(C(=O)Nc4ccccc4)c3C)csc12. The average molecular weight is 462 g/mol. The highest BCUT2D eigenvalue weighted by Gasteiger charge is 2.19. The van der Waals surface area contributed by atoms with Gasteiger partial charge in [-0.1, -0.05) is 24.3 Å². The minimum absolute atomic E-state index is 0.211. The largest absolute Gasteiger partial charge is 0.489 e. The number of hydrogen-bond acceptors (Lipinski definition) is 7. The lowest BCUT2D eigenvalue weighted by atomic mass is 10.1. The maximum Gasteiger partial charge on any atom is 0.341 e. The molecule has 0 fully saturated rings. The molecule has 0 unspecified atom stereocenters. The van der Waals surface area contributed by atoms with Gasteiger partial charge in [0.15, 0.2) is 0 Å². The van der Waals surface area contributed by atoms with Gasteiger partial charge in [0.2, 0.25) is 0 Å². The number of thiophene rings is 1. The number of benzene rings is 2. The van der Waals surface area contributed by atoms with E-state index in [9.17, 15) is 9.59 Å². The van der Waals surface area contributed by atoms with E-state index in [0.717, 1.165) is 16.8 Å². The van der Waals surface area contributed by atoms with Crippen molar-refractivity contribution in [2.75, 3.05) is 17.7 Å². The molecule has 168 valence electrons. The number of amides is 1. The molecule has 0 bridgehead atoms. The number of anilines is 2. The summed E-state index contributed by atoms with van der Waals surface area (Å²) >= 11 is 1.39. The smallest absolute Gasteiger partial charge is 0.341 e. The number of para-hydroxylation sites is 1. The molecule has 2 heterocycles. The number of nitrogen functional groups attached to an aromatic ring is 1. The highest BCUT2D eigenvalue weighted by Crippen LogP contribution is 2.34. The third-order valence-electron chi connectivity index (χ3n) is 5.14. The van der Waals surface area contributed by atoms with Crippen molar-refractivity contribution in [1.82, 2.24) is 4.98 Å². The van der Waals surface area contributed by atoms with Gasteiger partial charge in [-0.2, -0.15) is 0 Å². The van der Waals surface area contributed by atoms with Crippen LogP contribution >= 0.6 is 11.3 Å². The quantitative estimate of drug-likeness (QED) is 0.367. The summed E-state index contributed by atoms with van der Waals surface area (Å²) in [6.07, 6.45) is 1.44. The summed E-state index contributed by atoms with van der Waals surface area (Å²) in [6, 6.07) is 14.6. The Labute approximate surface area is 195 Å². The minimum atomic E-state index is -0.433. The molecule has 0 radical (unpaired) electrons. The number of hydrogen-bond donors (Lipinski definition) is 2. The van der Waals surface area contributed by atoms with Crippen LogP contribution in [-0.2, 0) is 11.3 Å². The van der Waals surface area contributed by atoms with Gasteiger partial charge in [0.25, 0.3) is 5.91 Å². The van der Waals surface area contributed by atoms with Crippen molar-refractivity contribution >= 4 is 44.8 Å². The van der Waals surface area contributed by atoms with Crippen molar-refractivity contribution < 1.29 is 19.1 Å². The van der Waals surface area contributed by atoms with E-state index in [2.05, 4.69) is 10.3 Å². The molecule has 0 aliphatic heterocycles. The summed E-state index contributed by atoms with van der Waals surface area (Å²) in [5, 5.41) is 5.47. The Balaban J connectivity index is 1.56. The van der Waals surface area contributed by atoms with E-state index in [1.165, 1.54) is 17.5 Å². The molecule has 0 spiro atoms. The van der Waals surface area contributed by atoms with Crippen molar-refractivity contribution in [3.63, 3.8) is 0 Å². The van der Waals surface area contributed by atoms with Gasteiger partial charge in [-0.3, -0.25) is 4.79 Å².